The van der Waals surface area contributed by atoms with Crippen LogP contribution in [-0.2, 0) is 34.3 Å². The van der Waals surface area contributed by atoms with Crippen molar-refractivity contribution in [2.75, 3.05) is 32.5 Å². The lowest BCUT2D eigenvalue weighted by atomic mass is 9.86. The topological polar surface area (TPSA) is 123 Å². The van der Waals surface area contributed by atoms with E-state index in [4.69, 9.17) is 4.74 Å². The predicted octanol–water partition coefficient (Wildman–Crippen LogP) is 0.632. The van der Waals surface area contributed by atoms with Crippen LogP contribution in [0.15, 0.2) is 4.99 Å². The first-order valence-corrected chi connectivity index (χ1v) is 12.1. The van der Waals surface area contributed by atoms with Crippen LogP contribution < -0.4 is 15.4 Å². The highest BCUT2D eigenvalue weighted by Crippen LogP contribution is 2.25. The first kappa shape index (κ1) is 25.3. The Balaban J connectivity index is 0.00000320. The van der Waals surface area contributed by atoms with Crippen molar-refractivity contribution >= 4 is 40.0 Å². The van der Waals surface area contributed by atoms with Gasteiger partial charge in [0.05, 0.1) is 18.8 Å². The number of fused-ring (bicyclic) bond motifs is 1. The van der Waals surface area contributed by atoms with Gasteiger partial charge in [-0.15, -0.1) is 24.0 Å². The molecule has 0 radical (unpaired) electrons. The molecule has 10 nitrogen and oxygen atoms in total. The molecular weight excluding hydrogens is 521 g/mol. The summed E-state index contributed by atoms with van der Waals surface area (Å²) < 4.78 is 34.0. The van der Waals surface area contributed by atoms with Crippen LogP contribution in [0.3, 0.4) is 0 Å². The largest absolute Gasteiger partial charge is 0.377 e. The molecule has 0 amide bonds. The average molecular weight is 555 g/mol. The zero-order valence-corrected chi connectivity index (χ0v) is 20.9. The van der Waals surface area contributed by atoms with Gasteiger partial charge >= 0.3 is 0 Å². The number of rotatable bonds is 10. The van der Waals surface area contributed by atoms with Crippen molar-refractivity contribution in [2.24, 2.45) is 10.9 Å². The van der Waals surface area contributed by atoms with Gasteiger partial charge < -0.3 is 15.4 Å². The Morgan fingerprint density at radius 1 is 1.33 bits per heavy atom. The van der Waals surface area contributed by atoms with Crippen LogP contribution in [0.25, 0.3) is 0 Å². The first-order valence-electron chi connectivity index (χ1n) is 10.4. The van der Waals surface area contributed by atoms with E-state index in [1.54, 1.807) is 7.11 Å². The molecule has 1 fully saturated rings. The maximum Gasteiger partial charge on any atom is 0.213 e. The summed E-state index contributed by atoms with van der Waals surface area (Å²) in [4.78, 5) is 8.94. The van der Waals surface area contributed by atoms with Gasteiger partial charge in [-0.3, -0.25) is 4.99 Å². The molecule has 2 aliphatic rings. The molecule has 0 aromatic carbocycles. The van der Waals surface area contributed by atoms with Crippen molar-refractivity contribution in [3.05, 3.63) is 11.6 Å². The van der Waals surface area contributed by atoms with Gasteiger partial charge in [0.25, 0.3) is 0 Å². The fraction of sp³-hybridized carbons (Fsp3) is 0.833. The quantitative estimate of drug-likeness (QED) is 0.220. The zero-order valence-electron chi connectivity index (χ0n) is 17.8. The van der Waals surface area contributed by atoms with Gasteiger partial charge in [-0.2, -0.15) is 5.10 Å². The molecule has 172 valence electrons. The lowest BCUT2D eigenvalue weighted by molar-refractivity contribution is 0.177. The number of ether oxygens (including phenoxy) is 1. The molecule has 1 aliphatic heterocycles. The first-order chi connectivity index (χ1) is 14.0. The number of aromatic nitrogens is 3. The van der Waals surface area contributed by atoms with Gasteiger partial charge in [-0.1, -0.05) is 6.42 Å². The Bertz CT molecular complexity index is 796. The minimum absolute atomic E-state index is 0. The van der Waals surface area contributed by atoms with Gasteiger partial charge in [0.2, 0.25) is 10.0 Å². The van der Waals surface area contributed by atoms with Gasteiger partial charge in [0, 0.05) is 32.7 Å². The Morgan fingerprint density at radius 2 is 2.13 bits per heavy atom. The summed E-state index contributed by atoms with van der Waals surface area (Å²) in [5.74, 6) is 2.80. The van der Waals surface area contributed by atoms with Gasteiger partial charge in [-0.05, 0) is 32.1 Å². The number of nitrogens with zero attached hydrogens (tertiary/aromatic N) is 4. The second-order valence-corrected chi connectivity index (χ2v) is 9.59. The van der Waals surface area contributed by atoms with E-state index in [-0.39, 0.29) is 42.3 Å². The van der Waals surface area contributed by atoms with Crippen LogP contribution in [0.1, 0.15) is 44.3 Å². The monoisotopic (exact) mass is 555 g/mol. The number of hydrogen-bond donors (Lipinski definition) is 3. The van der Waals surface area contributed by atoms with Crippen LogP contribution in [0, 0.1) is 5.92 Å². The molecule has 1 atom stereocenters. The van der Waals surface area contributed by atoms with Crippen LogP contribution in [-0.4, -0.2) is 67.7 Å². The number of hydrogen-bond acceptors (Lipinski definition) is 6. The third-order valence-electron chi connectivity index (χ3n) is 5.31. The highest BCUT2D eigenvalue weighted by atomic mass is 127. The normalized spacial score (nSPS) is 19.5. The number of nitrogens with one attached hydrogen (secondary N) is 3. The molecule has 2 heterocycles. The smallest absolute Gasteiger partial charge is 0.213 e. The Hall–Kier alpha value is -0.990. The third-order valence-corrected chi connectivity index (χ3v) is 6.63. The minimum atomic E-state index is -3.29. The van der Waals surface area contributed by atoms with E-state index >= 15 is 0 Å². The SMILES string of the molecule is CCNC(=NCCS(=O)(=O)NCC1CCC1)NC1CCc2nc(COC)nn2C1.I. The van der Waals surface area contributed by atoms with Crippen molar-refractivity contribution in [2.45, 2.75) is 58.2 Å². The van der Waals surface area contributed by atoms with E-state index in [0.29, 0.717) is 43.9 Å². The standard InChI is InChI=1S/C18H33N7O3S.HI/c1-3-19-18(20-9-10-29(26,27)21-11-14-5-4-6-14)22-15-7-8-17-23-16(13-28-2)24-25(17)12-15;/h14-15,21H,3-13H2,1-2H3,(H2,19,20,22);1H. The third kappa shape index (κ3) is 7.61. The summed E-state index contributed by atoms with van der Waals surface area (Å²) in [5, 5.41) is 11.1. The lowest BCUT2D eigenvalue weighted by Gasteiger charge is -2.25. The molecular formula is C18H34IN7O3S. The average Bonchev–Trinajstić information content (AvgIpc) is 3.02. The number of aliphatic imine (C=N–C) groups is 1. The molecule has 3 rings (SSSR count). The van der Waals surface area contributed by atoms with E-state index in [2.05, 4.69) is 30.4 Å². The Labute approximate surface area is 196 Å². The maximum atomic E-state index is 12.1. The van der Waals surface area contributed by atoms with E-state index in [1.807, 2.05) is 11.6 Å². The molecule has 0 spiro atoms. The number of halogens is 1. The predicted molar refractivity (Wildman–Crippen MR) is 127 cm³/mol. The summed E-state index contributed by atoms with van der Waals surface area (Å²) in [6, 6.07) is 0.158. The summed E-state index contributed by atoms with van der Waals surface area (Å²) in [6.07, 6.45) is 5.19. The number of methoxy groups -OCH3 is 1. The molecule has 3 N–H and O–H groups in total. The molecule has 1 saturated carbocycles. The molecule has 30 heavy (non-hydrogen) atoms. The summed E-state index contributed by atoms with van der Waals surface area (Å²) >= 11 is 0. The molecule has 1 aromatic heterocycles. The summed E-state index contributed by atoms with van der Waals surface area (Å²) in [6.45, 7) is 4.56. The molecule has 1 aliphatic carbocycles. The fourth-order valence-electron chi connectivity index (χ4n) is 3.47. The summed E-state index contributed by atoms with van der Waals surface area (Å²) in [5.41, 5.74) is 0. The Morgan fingerprint density at radius 3 is 2.80 bits per heavy atom. The van der Waals surface area contributed by atoms with E-state index in [1.165, 1.54) is 6.42 Å². The number of guanidine groups is 1. The molecule has 0 bridgehead atoms. The van der Waals surface area contributed by atoms with Gasteiger partial charge in [-0.25, -0.2) is 22.8 Å². The van der Waals surface area contributed by atoms with Crippen molar-refractivity contribution in [3.63, 3.8) is 0 Å². The van der Waals surface area contributed by atoms with E-state index in [0.717, 1.165) is 31.5 Å². The van der Waals surface area contributed by atoms with E-state index < -0.39 is 10.0 Å². The van der Waals surface area contributed by atoms with Crippen LogP contribution >= 0.6 is 24.0 Å². The molecule has 1 aromatic rings. The lowest BCUT2D eigenvalue weighted by Crippen LogP contribution is -2.47. The minimum Gasteiger partial charge on any atom is -0.377 e. The second kappa shape index (κ2) is 12.2. The van der Waals surface area contributed by atoms with Gasteiger partial charge in [0.15, 0.2) is 11.8 Å². The van der Waals surface area contributed by atoms with Crippen molar-refractivity contribution < 1.29 is 13.2 Å². The highest BCUT2D eigenvalue weighted by molar-refractivity contribution is 14.0. The number of aryl methyl sites for hydroxylation is 1. The van der Waals surface area contributed by atoms with Crippen LogP contribution in [0.4, 0.5) is 0 Å². The fourth-order valence-corrected chi connectivity index (χ4v) is 4.44. The maximum absolute atomic E-state index is 12.1. The van der Waals surface area contributed by atoms with Crippen molar-refractivity contribution in [1.82, 2.24) is 30.1 Å². The van der Waals surface area contributed by atoms with Crippen molar-refractivity contribution in [1.29, 1.82) is 0 Å². The zero-order chi connectivity index (χ0) is 20.7. The van der Waals surface area contributed by atoms with Crippen molar-refractivity contribution in [3.8, 4) is 0 Å². The van der Waals surface area contributed by atoms with E-state index in [9.17, 15) is 8.42 Å². The molecule has 12 heteroatoms. The van der Waals surface area contributed by atoms with Gasteiger partial charge in [0.1, 0.15) is 12.4 Å². The van der Waals surface area contributed by atoms with Crippen LogP contribution in [0.5, 0.6) is 0 Å². The molecule has 0 saturated heterocycles. The number of sulfonamides is 1. The summed E-state index contributed by atoms with van der Waals surface area (Å²) in [7, 11) is -1.65. The molecule has 1 unspecified atom stereocenters. The Kier molecular flexibility index (Phi) is 10.2. The highest BCUT2D eigenvalue weighted by Gasteiger charge is 2.23. The van der Waals surface area contributed by atoms with Crippen LogP contribution in [0.2, 0.25) is 0 Å². The second-order valence-electron chi connectivity index (χ2n) is 7.66.